The van der Waals surface area contributed by atoms with Gasteiger partial charge in [0.05, 0.1) is 13.2 Å². The Kier molecular flexibility index (Phi) is 6.19. The van der Waals surface area contributed by atoms with E-state index >= 15 is 0 Å². The number of amides is 1. The molecule has 5 nitrogen and oxygen atoms in total. The maximum atomic E-state index is 12.1. The smallest absolute Gasteiger partial charge is 0.328 e. The number of hydrogen-bond donors (Lipinski definition) is 1. The molecule has 6 heteroatoms. The molecule has 0 aromatic heterocycles. The Balaban J connectivity index is 2.87. The van der Waals surface area contributed by atoms with Crippen molar-refractivity contribution < 1.29 is 14.3 Å². The molecule has 0 fully saturated rings. The highest BCUT2D eigenvalue weighted by Crippen LogP contribution is 2.14. The predicted molar refractivity (Wildman–Crippen MR) is 76.8 cm³/mol. The zero-order valence-corrected chi connectivity index (χ0v) is 12.8. The van der Waals surface area contributed by atoms with Gasteiger partial charge in [-0.05, 0) is 18.2 Å². The van der Waals surface area contributed by atoms with Crippen molar-refractivity contribution in [3.8, 4) is 6.07 Å². The summed E-state index contributed by atoms with van der Waals surface area (Å²) in [6.07, 6.45) is 0.151. The molecule has 0 heterocycles. The summed E-state index contributed by atoms with van der Waals surface area (Å²) in [5.74, 6) is -1.27. The van der Waals surface area contributed by atoms with Gasteiger partial charge in [-0.25, -0.2) is 4.79 Å². The van der Waals surface area contributed by atoms with Gasteiger partial charge in [-0.1, -0.05) is 28.9 Å². The van der Waals surface area contributed by atoms with Crippen molar-refractivity contribution in [1.82, 2.24) is 5.32 Å². The first kappa shape index (κ1) is 16.2. The van der Waals surface area contributed by atoms with Gasteiger partial charge in [0.2, 0.25) is 0 Å². The molecule has 1 amide bonds. The summed E-state index contributed by atoms with van der Waals surface area (Å²) in [4.78, 5) is 23.8. The maximum absolute atomic E-state index is 12.1. The summed E-state index contributed by atoms with van der Waals surface area (Å²) < 4.78 is 5.44. The van der Waals surface area contributed by atoms with Crippen LogP contribution < -0.4 is 5.32 Å². The molecule has 0 aliphatic heterocycles. The quantitative estimate of drug-likeness (QED) is 0.835. The number of nitriles is 1. The number of rotatable bonds is 5. The third-order valence-electron chi connectivity index (χ3n) is 2.81. The minimum absolute atomic E-state index is 0.151. The van der Waals surface area contributed by atoms with Gasteiger partial charge in [0.25, 0.3) is 5.91 Å². The number of esters is 1. The van der Waals surface area contributed by atoms with E-state index in [0.717, 1.165) is 4.47 Å². The molecule has 0 bridgehead atoms. The molecule has 0 aliphatic rings. The summed E-state index contributed by atoms with van der Waals surface area (Å²) in [6, 6.07) is 7.96. The van der Waals surface area contributed by atoms with E-state index in [9.17, 15) is 9.59 Å². The Morgan fingerprint density at radius 2 is 2.20 bits per heavy atom. The molecule has 1 aromatic rings. The summed E-state index contributed by atoms with van der Waals surface area (Å²) in [5, 5.41) is 11.3. The number of halogens is 1. The zero-order valence-electron chi connectivity index (χ0n) is 11.2. The van der Waals surface area contributed by atoms with Crippen molar-refractivity contribution in [2.45, 2.75) is 19.4 Å². The van der Waals surface area contributed by atoms with Gasteiger partial charge in [-0.15, -0.1) is 0 Å². The van der Waals surface area contributed by atoms with Crippen molar-refractivity contribution in [3.05, 3.63) is 34.3 Å². The zero-order chi connectivity index (χ0) is 15.1. The first-order valence-electron chi connectivity index (χ1n) is 6.00. The number of nitrogens with one attached hydrogen (secondary N) is 1. The van der Waals surface area contributed by atoms with Crippen molar-refractivity contribution >= 4 is 27.8 Å². The Morgan fingerprint density at radius 3 is 2.75 bits per heavy atom. The summed E-state index contributed by atoms with van der Waals surface area (Å²) in [5.41, 5.74) is 0.428. The largest absolute Gasteiger partial charge is 0.467 e. The van der Waals surface area contributed by atoms with E-state index in [1.807, 2.05) is 6.07 Å². The van der Waals surface area contributed by atoms with Gasteiger partial charge in [0.1, 0.15) is 6.04 Å². The van der Waals surface area contributed by atoms with E-state index in [-0.39, 0.29) is 18.2 Å². The van der Waals surface area contributed by atoms with Crippen LogP contribution in [0.3, 0.4) is 0 Å². The Hall–Kier alpha value is -1.87. The molecular weight excluding hydrogens is 324 g/mol. The molecule has 2 atom stereocenters. The minimum atomic E-state index is -0.842. The van der Waals surface area contributed by atoms with E-state index in [1.54, 1.807) is 31.2 Å². The Bertz CT molecular complexity index is 539. The number of carbonyl (C=O) groups is 2. The van der Waals surface area contributed by atoms with Gasteiger partial charge in [0, 0.05) is 22.4 Å². The first-order valence-corrected chi connectivity index (χ1v) is 6.80. The van der Waals surface area contributed by atoms with Crippen LogP contribution in [0.4, 0.5) is 0 Å². The van der Waals surface area contributed by atoms with Gasteiger partial charge >= 0.3 is 5.97 Å². The summed E-state index contributed by atoms with van der Waals surface area (Å²) >= 11 is 3.28. The number of benzene rings is 1. The monoisotopic (exact) mass is 338 g/mol. The molecule has 106 valence electrons. The van der Waals surface area contributed by atoms with Crippen LogP contribution in [0.1, 0.15) is 23.7 Å². The standard InChI is InChI=1S/C14H15BrN2O3/c1-9(6-7-16)12(14(19)20-2)17-13(18)10-4-3-5-11(15)8-10/h3-5,8-9,12H,6H2,1-2H3,(H,17,18)/t9-,12+/m0/s1. The summed E-state index contributed by atoms with van der Waals surface area (Å²) in [6.45, 7) is 1.71. The number of carbonyl (C=O) groups excluding carboxylic acids is 2. The molecule has 0 unspecified atom stereocenters. The summed E-state index contributed by atoms with van der Waals surface area (Å²) in [7, 11) is 1.25. The van der Waals surface area contributed by atoms with Crippen LogP contribution in [0.5, 0.6) is 0 Å². The second-order valence-corrected chi connectivity index (χ2v) is 5.24. The van der Waals surface area contributed by atoms with Crippen molar-refractivity contribution in [2.75, 3.05) is 7.11 Å². The fourth-order valence-electron chi connectivity index (χ4n) is 1.68. The minimum Gasteiger partial charge on any atom is -0.467 e. The average molecular weight is 339 g/mol. The lowest BCUT2D eigenvalue weighted by Crippen LogP contribution is -2.45. The van der Waals surface area contributed by atoms with Crippen LogP contribution in [0.15, 0.2) is 28.7 Å². The van der Waals surface area contributed by atoms with Crippen LogP contribution in [0.25, 0.3) is 0 Å². The molecule has 1 aromatic carbocycles. The molecule has 0 spiro atoms. The Morgan fingerprint density at radius 1 is 1.50 bits per heavy atom. The fourth-order valence-corrected chi connectivity index (χ4v) is 2.08. The van der Waals surface area contributed by atoms with Crippen LogP contribution in [-0.2, 0) is 9.53 Å². The SMILES string of the molecule is COC(=O)[C@H](NC(=O)c1cccc(Br)c1)[C@@H](C)CC#N. The lowest BCUT2D eigenvalue weighted by molar-refractivity contribution is -0.144. The topological polar surface area (TPSA) is 79.2 Å². The highest BCUT2D eigenvalue weighted by Gasteiger charge is 2.28. The Labute approximate surface area is 126 Å². The number of ether oxygens (including phenoxy) is 1. The van der Waals surface area contributed by atoms with E-state index in [2.05, 4.69) is 26.0 Å². The second kappa shape index (κ2) is 7.65. The van der Waals surface area contributed by atoms with Crippen molar-refractivity contribution in [3.63, 3.8) is 0 Å². The third kappa shape index (κ3) is 4.35. The molecule has 0 radical (unpaired) electrons. The lowest BCUT2D eigenvalue weighted by atomic mass is 9.98. The molecule has 0 aliphatic carbocycles. The van der Waals surface area contributed by atoms with Crippen molar-refractivity contribution in [1.29, 1.82) is 5.26 Å². The normalized spacial score (nSPS) is 12.9. The maximum Gasteiger partial charge on any atom is 0.328 e. The lowest BCUT2D eigenvalue weighted by Gasteiger charge is -2.21. The fraction of sp³-hybridized carbons (Fsp3) is 0.357. The van der Waals surface area contributed by atoms with Crippen LogP contribution in [-0.4, -0.2) is 25.0 Å². The molecule has 1 N–H and O–H groups in total. The predicted octanol–water partition coefficient (Wildman–Crippen LogP) is 2.27. The first-order chi connectivity index (χ1) is 9.49. The van der Waals surface area contributed by atoms with Gasteiger partial charge in [-0.3, -0.25) is 4.79 Å². The molecule has 0 saturated carbocycles. The second-order valence-electron chi connectivity index (χ2n) is 4.32. The number of hydrogen-bond acceptors (Lipinski definition) is 4. The van der Waals surface area contributed by atoms with E-state index in [1.165, 1.54) is 7.11 Å². The van der Waals surface area contributed by atoms with Crippen LogP contribution in [0, 0.1) is 17.2 Å². The van der Waals surface area contributed by atoms with Crippen LogP contribution >= 0.6 is 15.9 Å². The third-order valence-corrected chi connectivity index (χ3v) is 3.30. The molecular formula is C14H15BrN2O3. The van der Waals surface area contributed by atoms with Crippen LogP contribution in [0.2, 0.25) is 0 Å². The number of methoxy groups -OCH3 is 1. The van der Waals surface area contributed by atoms with E-state index < -0.39 is 12.0 Å². The molecule has 20 heavy (non-hydrogen) atoms. The molecule has 0 saturated heterocycles. The van der Waals surface area contributed by atoms with Gasteiger partial charge < -0.3 is 10.1 Å². The average Bonchev–Trinajstić information content (AvgIpc) is 2.43. The highest BCUT2D eigenvalue weighted by molar-refractivity contribution is 9.10. The van der Waals surface area contributed by atoms with Crippen molar-refractivity contribution in [2.24, 2.45) is 5.92 Å². The van der Waals surface area contributed by atoms with E-state index in [0.29, 0.717) is 5.56 Å². The van der Waals surface area contributed by atoms with E-state index in [4.69, 9.17) is 5.26 Å². The highest BCUT2D eigenvalue weighted by atomic mass is 79.9. The van der Waals surface area contributed by atoms with Gasteiger partial charge in [-0.2, -0.15) is 5.26 Å². The van der Waals surface area contributed by atoms with Gasteiger partial charge in [0.15, 0.2) is 0 Å². The molecule has 1 rings (SSSR count). The number of nitrogens with zero attached hydrogens (tertiary/aromatic N) is 1.